The molecule has 0 atom stereocenters. The molecule has 1 N–H and O–H groups in total. The lowest BCUT2D eigenvalue weighted by atomic mass is 10.1. The topological polar surface area (TPSA) is 119 Å². The van der Waals surface area contributed by atoms with Crippen molar-refractivity contribution in [2.45, 2.75) is 13.3 Å². The number of carbonyl (C=O) groups is 2. The van der Waals surface area contributed by atoms with Crippen LogP contribution in [0.25, 0.3) is 17.0 Å². The minimum absolute atomic E-state index is 0.0659. The van der Waals surface area contributed by atoms with Gasteiger partial charge >= 0.3 is 11.6 Å². The highest BCUT2D eigenvalue weighted by molar-refractivity contribution is 6.01. The van der Waals surface area contributed by atoms with Gasteiger partial charge < -0.3 is 19.2 Å². The van der Waals surface area contributed by atoms with Crippen molar-refractivity contribution >= 4 is 28.9 Å². The van der Waals surface area contributed by atoms with Crippen molar-refractivity contribution in [1.29, 1.82) is 5.26 Å². The van der Waals surface area contributed by atoms with Gasteiger partial charge in [0.05, 0.1) is 7.11 Å². The maximum atomic E-state index is 12.6. The average Bonchev–Trinajstić information content (AvgIpc) is 2.81. The number of fused-ring (bicyclic) bond motifs is 1. The molecule has 0 saturated heterocycles. The minimum atomic E-state index is -0.900. The van der Waals surface area contributed by atoms with Crippen molar-refractivity contribution < 1.29 is 23.5 Å². The standard InChI is InChI=1S/C24H20N2O6/c1-3-10-26-22(27)17(14-25)11-15-8-9-20(21(12-15)30-2)32-24(29)18-13-16-6-4-5-7-19(16)31-23(18)28/h4-9,11-13H,3,10H2,1-2H3,(H,26,27)/b17-11+. The van der Waals surface area contributed by atoms with Gasteiger partial charge in [0.2, 0.25) is 0 Å². The van der Waals surface area contributed by atoms with Gasteiger partial charge in [-0.25, -0.2) is 9.59 Å². The molecular formula is C24H20N2O6. The fraction of sp³-hybridized carbons (Fsp3) is 0.167. The summed E-state index contributed by atoms with van der Waals surface area (Å²) < 4.78 is 15.8. The van der Waals surface area contributed by atoms with Gasteiger partial charge in [-0.1, -0.05) is 31.2 Å². The summed E-state index contributed by atoms with van der Waals surface area (Å²) in [5, 5.41) is 12.5. The first-order chi connectivity index (χ1) is 15.5. The molecule has 162 valence electrons. The van der Waals surface area contributed by atoms with E-state index in [9.17, 15) is 19.6 Å². The summed E-state index contributed by atoms with van der Waals surface area (Å²) in [6, 6.07) is 14.6. The Hall–Kier alpha value is -4.38. The predicted octanol–water partition coefficient (Wildman–Crippen LogP) is 3.45. The maximum absolute atomic E-state index is 12.6. The normalized spacial score (nSPS) is 11.0. The lowest BCUT2D eigenvalue weighted by molar-refractivity contribution is -0.117. The largest absolute Gasteiger partial charge is 0.493 e. The smallest absolute Gasteiger partial charge is 0.351 e. The van der Waals surface area contributed by atoms with E-state index in [-0.39, 0.29) is 22.6 Å². The van der Waals surface area contributed by atoms with Crippen LogP contribution in [0, 0.1) is 11.3 Å². The number of rotatable bonds is 7. The van der Waals surface area contributed by atoms with Gasteiger partial charge in [0.15, 0.2) is 11.5 Å². The van der Waals surface area contributed by atoms with Gasteiger partial charge in [0.1, 0.15) is 22.8 Å². The van der Waals surface area contributed by atoms with Gasteiger partial charge in [-0.3, -0.25) is 4.79 Å². The van der Waals surface area contributed by atoms with Crippen molar-refractivity contribution in [2.75, 3.05) is 13.7 Å². The Bertz CT molecular complexity index is 1300. The summed E-state index contributed by atoms with van der Waals surface area (Å²) in [4.78, 5) is 36.8. The molecule has 3 rings (SSSR count). The third-order valence-electron chi connectivity index (χ3n) is 4.46. The zero-order valence-corrected chi connectivity index (χ0v) is 17.5. The lowest BCUT2D eigenvalue weighted by Crippen LogP contribution is -2.25. The first-order valence-electron chi connectivity index (χ1n) is 9.80. The first kappa shape index (κ1) is 22.3. The van der Waals surface area contributed by atoms with E-state index in [0.717, 1.165) is 6.42 Å². The fourth-order valence-electron chi connectivity index (χ4n) is 2.87. The monoisotopic (exact) mass is 432 g/mol. The molecule has 3 aromatic rings. The second-order valence-corrected chi connectivity index (χ2v) is 6.71. The summed E-state index contributed by atoms with van der Waals surface area (Å²) in [7, 11) is 1.38. The molecule has 32 heavy (non-hydrogen) atoms. The summed E-state index contributed by atoms with van der Waals surface area (Å²) in [5.41, 5.74) is -0.286. The highest BCUT2D eigenvalue weighted by Crippen LogP contribution is 2.29. The summed E-state index contributed by atoms with van der Waals surface area (Å²) in [6.07, 6.45) is 2.14. The van der Waals surface area contributed by atoms with Crippen LogP contribution < -0.4 is 20.4 Å². The number of nitrogens with zero attached hydrogens (tertiary/aromatic N) is 1. The summed E-state index contributed by atoms with van der Waals surface area (Å²) >= 11 is 0. The van der Waals surface area contributed by atoms with Crippen LogP contribution in [-0.4, -0.2) is 25.5 Å². The van der Waals surface area contributed by atoms with Gasteiger partial charge in [-0.2, -0.15) is 5.26 Å². The van der Waals surface area contributed by atoms with Crippen LogP contribution >= 0.6 is 0 Å². The second kappa shape index (κ2) is 10.1. The Kier molecular flexibility index (Phi) is 7.03. The summed E-state index contributed by atoms with van der Waals surface area (Å²) in [6.45, 7) is 2.36. The molecule has 0 aliphatic heterocycles. The van der Waals surface area contributed by atoms with E-state index in [1.165, 1.54) is 31.4 Å². The van der Waals surface area contributed by atoms with E-state index in [2.05, 4.69) is 5.32 Å². The van der Waals surface area contributed by atoms with Crippen LogP contribution in [0.2, 0.25) is 0 Å². The van der Waals surface area contributed by atoms with E-state index in [1.54, 1.807) is 30.3 Å². The zero-order chi connectivity index (χ0) is 23.1. The molecule has 0 radical (unpaired) electrons. The molecular weight excluding hydrogens is 412 g/mol. The number of nitrogens with one attached hydrogen (secondary N) is 1. The molecule has 0 unspecified atom stereocenters. The SMILES string of the molecule is CCCNC(=O)/C(C#N)=C/c1ccc(OC(=O)c2cc3ccccc3oc2=O)c(OC)c1. The third-order valence-corrected chi connectivity index (χ3v) is 4.46. The molecule has 8 heteroatoms. The number of hydrogen-bond acceptors (Lipinski definition) is 7. The zero-order valence-electron chi connectivity index (χ0n) is 17.5. The second-order valence-electron chi connectivity index (χ2n) is 6.71. The molecule has 0 spiro atoms. The Morgan fingerprint density at radius 1 is 1.16 bits per heavy atom. The fourth-order valence-corrected chi connectivity index (χ4v) is 2.87. The maximum Gasteiger partial charge on any atom is 0.351 e. The highest BCUT2D eigenvalue weighted by atomic mass is 16.6. The predicted molar refractivity (Wildman–Crippen MR) is 117 cm³/mol. The molecule has 0 saturated carbocycles. The van der Waals surface area contributed by atoms with E-state index >= 15 is 0 Å². The number of nitriles is 1. The van der Waals surface area contributed by atoms with Crippen molar-refractivity contribution in [1.82, 2.24) is 5.32 Å². The first-order valence-corrected chi connectivity index (χ1v) is 9.80. The number of methoxy groups -OCH3 is 1. The van der Waals surface area contributed by atoms with Crippen LogP contribution in [0.1, 0.15) is 29.3 Å². The highest BCUT2D eigenvalue weighted by Gasteiger charge is 2.18. The van der Waals surface area contributed by atoms with Crippen LogP contribution in [0.15, 0.2) is 63.3 Å². The molecule has 1 aromatic heterocycles. The van der Waals surface area contributed by atoms with Crippen LogP contribution in [0.4, 0.5) is 0 Å². The Morgan fingerprint density at radius 2 is 1.94 bits per heavy atom. The molecule has 0 bridgehead atoms. The van der Waals surface area contributed by atoms with Crippen molar-refractivity contribution in [3.63, 3.8) is 0 Å². The lowest BCUT2D eigenvalue weighted by Gasteiger charge is -2.10. The Balaban J connectivity index is 1.87. The molecule has 0 aliphatic rings. The number of esters is 1. The molecule has 2 aromatic carbocycles. The quantitative estimate of drug-likeness (QED) is 0.200. The van der Waals surface area contributed by atoms with E-state index in [4.69, 9.17) is 13.9 Å². The van der Waals surface area contributed by atoms with Gasteiger partial charge in [0, 0.05) is 11.9 Å². The molecule has 8 nitrogen and oxygen atoms in total. The molecule has 1 heterocycles. The third kappa shape index (κ3) is 5.02. The molecule has 0 aliphatic carbocycles. The van der Waals surface area contributed by atoms with Crippen LogP contribution in [0.3, 0.4) is 0 Å². The molecule has 0 fully saturated rings. The van der Waals surface area contributed by atoms with Gasteiger partial charge in [0.25, 0.3) is 5.91 Å². The Labute approximate surface area is 183 Å². The minimum Gasteiger partial charge on any atom is -0.493 e. The average molecular weight is 432 g/mol. The van der Waals surface area contributed by atoms with Crippen molar-refractivity contribution in [3.05, 3.63) is 75.7 Å². The van der Waals surface area contributed by atoms with Crippen molar-refractivity contribution in [3.8, 4) is 17.6 Å². The van der Waals surface area contributed by atoms with E-state index < -0.39 is 17.5 Å². The van der Waals surface area contributed by atoms with E-state index in [0.29, 0.717) is 23.1 Å². The number of amides is 1. The van der Waals surface area contributed by atoms with Crippen molar-refractivity contribution in [2.24, 2.45) is 0 Å². The van der Waals surface area contributed by atoms with Crippen LogP contribution in [0.5, 0.6) is 11.5 Å². The number of carbonyl (C=O) groups excluding carboxylic acids is 2. The summed E-state index contributed by atoms with van der Waals surface area (Å²) in [5.74, 6) is -1.13. The number of hydrogen-bond donors (Lipinski definition) is 1. The van der Waals surface area contributed by atoms with Gasteiger partial charge in [-0.15, -0.1) is 0 Å². The number of ether oxygens (including phenoxy) is 2. The number of para-hydroxylation sites is 1. The van der Waals surface area contributed by atoms with Gasteiger partial charge in [-0.05, 0) is 42.3 Å². The van der Waals surface area contributed by atoms with Crippen LogP contribution in [-0.2, 0) is 4.79 Å². The van der Waals surface area contributed by atoms with E-state index in [1.807, 2.05) is 13.0 Å². The number of benzene rings is 2. The molecule has 1 amide bonds. The Morgan fingerprint density at radius 3 is 2.66 bits per heavy atom.